The molecule has 0 atom stereocenters. The van der Waals surface area contributed by atoms with Gasteiger partial charge >= 0.3 is 0 Å². The van der Waals surface area contributed by atoms with Crippen molar-refractivity contribution < 1.29 is 0 Å². The van der Waals surface area contributed by atoms with Crippen LogP contribution >= 0.6 is 0 Å². The highest BCUT2D eigenvalue weighted by Crippen LogP contribution is 2.38. The molecular formula is C112H178N8. The number of hydrogen-bond donors (Lipinski definition) is 2. The Hall–Kier alpha value is -6.28. The maximum atomic E-state index is 5.82. The molecule has 0 fully saturated rings. The first-order valence-electron chi connectivity index (χ1n) is 52.2. The Balaban J connectivity index is 0.914. The lowest BCUT2D eigenvalue weighted by Gasteiger charge is -2.23. The number of allylic oxidation sites excluding steroid dienone is 8. The Kier molecular flexibility index (Phi) is 51.0. The topological polar surface area (TPSA) is 70.3 Å². The summed E-state index contributed by atoms with van der Waals surface area (Å²) in [5.41, 5.74) is 17.8. The molecule has 0 spiro atoms. The highest BCUT2D eigenvalue weighted by Gasteiger charge is 2.23. The van der Waals surface area contributed by atoms with Gasteiger partial charge in [0.25, 0.3) is 0 Å². The van der Waals surface area contributed by atoms with Gasteiger partial charge in [0.1, 0.15) is 0 Å². The predicted octanol–water partition coefficient (Wildman–Crippen LogP) is 34.6. The van der Waals surface area contributed by atoms with E-state index in [-0.39, 0.29) is 0 Å². The lowest BCUT2D eigenvalue weighted by atomic mass is 10.0. The second kappa shape index (κ2) is 62.8. The summed E-state index contributed by atoms with van der Waals surface area (Å²) >= 11 is 0. The second-order valence-corrected chi connectivity index (χ2v) is 37.6. The summed E-state index contributed by atoms with van der Waals surface area (Å²) in [5.74, 6) is 0. The first kappa shape index (κ1) is 97.5. The van der Waals surface area contributed by atoms with Gasteiger partial charge in [-0.15, -0.1) is 0 Å². The van der Waals surface area contributed by atoms with Crippen LogP contribution in [0.25, 0.3) is 68.7 Å². The predicted molar refractivity (Wildman–Crippen MR) is 532 cm³/mol. The minimum atomic E-state index is 0.888. The zero-order valence-electron chi connectivity index (χ0n) is 78.1. The Labute approximate surface area is 737 Å². The van der Waals surface area contributed by atoms with Crippen molar-refractivity contribution in [2.45, 2.75) is 439 Å². The van der Waals surface area contributed by atoms with Gasteiger partial charge in [-0.25, -0.2) is 9.97 Å². The van der Waals surface area contributed by atoms with Crippen molar-refractivity contribution in [3.05, 3.63) is 143 Å². The van der Waals surface area contributed by atoms with Crippen LogP contribution in [0.5, 0.6) is 0 Å². The summed E-state index contributed by atoms with van der Waals surface area (Å²) in [6.07, 6.45) is 127. The number of fused-ring (bicyclic) bond motifs is 8. The van der Waals surface area contributed by atoms with Gasteiger partial charge in [-0.2, -0.15) is 0 Å². The summed E-state index contributed by atoms with van der Waals surface area (Å²) in [7, 11) is 0. The first-order valence-corrected chi connectivity index (χ1v) is 52.2. The molecule has 0 amide bonds. The van der Waals surface area contributed by atoms with Crippen LogP contribution in [0.15, 0.2) is 97.7 Å². The molecule has 0 aromatic carbocycles. The lowest BCUT2D eigenvalue weighted by molar-refractivity contribution is 0.392. The number of H-pyrrole nitrogens is 2. The van der Waals surface area contributed by atoms with Gasteiger partial charge in [-0.05, 0) is 146 Å². The third-order valence-electron chi connectivity index (χ3n) is 27.1. The van der Waals surface area contributed by atoms with Crippen LogP contribution in [-0.2, 0) is 0 Å². The molecule has 6 aliphatic heterocycles. The smallest absolute Gasteiger partial charge is 0.0737 e. The quantitative estimate of drug-likeness (QED) is 0.0378. The van der Waals surface area contributed by atoms with Gasteiger partial charge in [0.05, 0.1) is 22.8 Å². The molecule has 666 valence electrons. The van der Waals surface area contributed by atoms with Crippen LogP contribution in [0.4, 0.5) is 0 Å². The molecule has 120 heavy (non-hydrogen) atoms. The molecule has 9 heterocycles. The van der Waals surface area contributed by atoms with E-state index in [1.54, 1.807) is 0 Å². The van der Waals surface area contributed by atoms with E-state index in [0.29, 0.717) is 0 Å². The average Bonchev–Trinajstić information content (AvgIpc) is 1.60. The number of nitrogens with zero attached hydrogens (tertiary/aromatic N) is 6. The van der Waals surface area contributed by atoms with Crippen LogP contribution in [0.2, 0.25) is 0 Å². The van der Waals surface area contributed by atoms with E-state index in [4.69, 9.17) is 9.97 Å². The van der Waals surface area contributed by atoms with Gasteiger partial charge < -0.3 is 29.6 Å². The van der Waals surface area contributed by atoms with Crippen molar-refractivity contribution in [1.29, 1.82) is 0 Å². The van der Waals surface area contributed by atoms with E-state index in [0.717, 1.165) is 119 Å². The Morgan fingerprint density at radius 3 is 0.492 bits per heavy atom. The fourth-order valence-electron chi connectivity index (χ4n) is 19.4. The van der Waals surface area contributed by atoms with E-state index in [2.05, 4.69) is 179 Å². The number of aromatic nitrogens is 4. The van der Waals surface area contributed by atoms with E-state index in [1.807, 2.05) is 0 Å². The third-order valence-corrected chi connectivity index (χ3v) is 27.1. The highest BCUT2D eigenvalue weighted by molar-refractivity contribution is 5.99. The summed E-state index contributed by atoms with van der Waals surface area (Å²) in [6, 6.07) is 9.33. The van der Waals surface area contributed by atoms with Gasteiger partial charge in [0.15, 0.2) is 0 Å². The van der Waals surface area contributed by atoms with Crippen molar-refractivity contribution in [3.8, 4) is 0 Å². The molecule has 9 rings (SSSR count). The molecule has 0 saturated carbocycles. The van der Waals surface area contributed by atoms with E-state index in [9.17, 15) is 0 Å². The largest absolute Gasteiger partial charge is 0.374 e. The number of hydrogen-bond acceptors (Lipinski definition) is 6. The molecule has 0 aliphatic carbocycles. The van der Waals surface area contributed by atoms with Gasteiger partial charge in [-0.3, -0.25) is 0 Å². The monoisotopic (exact) mass is 1640 g/mol. The van der Waals surface area contributed by atoms with E-state index >= 15 is 0 Å². The number of aromatic amines is 2. The second-order valence-electron chi connectivity index (χ2n) is 37.6. The zero-order valence-corrected chi connectivity index (χ0v) is 78.1. The van der Waals surface area contributed by atoms with E-state index in [1.165, 1.54) is 433 Å². The van der Waals surface area contributed by atoms with E-state index < -0.39 is 0 Å². The van der Waals surface area contributed by atoms with Crippen molar-refractivity contribution in [2.24, 2.45) is 0 Å². The standard InChI is InChI=1S/C112H178N8/c1-5-9-13-17-21-25-29-33-37-41-45-49-53-57-61-65-85-117-89-77-97(78-90-117)109-101-69-71-103(113-101)110(98-79-91-118(92-80-98)86-66-62-58-54-50-46-42-38-34-30-26-22-18-14-10-6-2)105-73-75-107(115-105)112(100-83-95-120(96-84-100)88-68-64-60-56-52-48-44-40-36-32-28-24-20-16-12-8-4)108-76-74-106(116-108)111(104-72-70-102(109)114-104)99-81-93-119(94-82-99)87-67-63-59-55-51-47-43-39-35-31-27-23-19-15-11-7-3/h69-84,89,91,93,95,113,116H,5-68,85-88,90,92,94,96H2,1-4H3. The molecule has 8 heteroatoms. The molecule has 0 radical (unpaired) electrons. The van der Waals surface area contributed by atoms with Crippen LogP contribution in [0.1, 0.15) is 484 Å². The lowest BCUT2D eigenvalue weighted by Crippen LogP contribution is -2.21. The van der Waals surface area contributed by atoms with Crippen molar-refractivity contribution >= 4 is 68.7 Å². The fraction of sp³-hybridized carbons (Fsp3) is 0.679. The minimum Gasteiger partial charge on any atom is -0.374 e. The Bertz CT molecular complexity index is 3270. The third kappa shape index (κ3) is 38.1. The summed E-state index contributed by atoms with van der Waals surface area (Å²) in [5, 5.41) is 0. The first-order chi connectivity index (χ1) is 59.5. The molecule has 8 nitrogen and oxygen atoms in total. The Morgan fingerprint density at radius 1 is 0.200 bits per heavy atom. The molecule has 0 saturated heterocycles. The molecule has 3 aromatic heterocycles. The number of rotatable bonds is 72. The van der Waals surface area contributed by atoms with Crippen molar-refractivity contribution in [1.82, 2.24) is 39.5 Å². The maximum absolute atomic E-state index is 5.82. The molecular weight excluding hydrogens is 1460 g/mol. The normalized spacial score (nSPS) is 14.6. The maximum Gasteiger partial charge on any atom is 0.0737 e. The number of unbranched alkanes of at least 4 members (excludes halogenated alkanes) is 60. The van der Waals surface area contributed by atoms with Crippen LogP contribution in [0, 0.1) is 0 Å². The zero-order chi connectivity index (χ0) is 83.4. The minimum absolute atomic E-state index is 0.888. The summed E-state index contributed by atoms with van der Waals surface area (Å²) < 4.78 is 0. The molecule has 6 aliphatic rings. The van der Waals surface area contributed by atoms with Crippen LogP contribution in [0.3, 0.4) is 0 Å². The van der Waals surface area contributed by atoms with Crippen LogP contribution in [-0.4, -0.2) is 91.9 Å². The van der Waals surface area contributed by atoms with Gasteiger partial charge in [-0.1, -0.05) is 437 Å². The van der Waals surface area contributed by atoms with Crippen molar-refractivity contribution in [3.63, 3.8) is 0 Å². The average molecular weight is 1640 g/mol. The van der Waals surface area contributed by atoms with Crippen molar-refractivity contribution in [2.75, 3.05) is 52.4 Å². The van der Waals surface area contributed by atoms with Crippen LogP contribution < -0.4 is 0 Å². The van der Waals surface area contributed by atoms with Gasteiger partial charge in [0, 0.05) is 96.7 Å². The van der Waals surface area contributed by atoms with Gasteiger partial charge in [0.2, 0.25) is 0 Å². The highest BCUT2D eigenvalue weighted by atomic mass is 15.1. The molecule has 2 N–H and O–H groups in total. The fourth-order valence-corrected chi connectivity index (χ4v) is 19.4. The molecule has 0 unspecified atom stereocenters. The number of nitrogens with one attached hydrogen (secondary N) is 2. The summed E-state index contributed by atoms with van der Waals surface area (Å²) in [6.45, 7) is 17.2. The Morgan fingerprint density at radius 2 is 0.350 bits per heavy atom. The SMILES string of the molecule is CCCCCCCCCCCCCCCCCCN1C=CC(c2c3nc(c(C4=CCN(CCCCCCCCCCCCCCCCCC)C=C4)c4ccc([nH]4)c(C4=CCN(CCCCCCCCCCCCCCCCCC)C=C4)c4nc(c(C5=CCN(CCCCCCCCCCCCCCCCCC)C=C5)c5ccc2[nH]5)C=C4)C=C3)=CC1. The summed E-state index contributed by atoms with van der Waals surface area (Å²) in [4.78, 5) is 30.1. The molecule has 3 aromatic rings. The molecule has 8 bridgehead atoms.